The zero-order valence-electron chi connectivity index (χ0n) is 10.4. The van der Waals surface area contributed by atoms with E-state index in [0.29, 0.717) is 23.0 Å². The van der Waals surface area contributed by atoms with Crippen LogP contribution >= 0.6 is 11.6 Å². The predicted octanol–water partition coefficient (Wildman–Crippen LogP) is 3.48. The maximum absolute atomic E-state index is 11.0. The van der Waals surface area contributed by atoms with Gasteiger partial charge in [0.15, 0.2) is 0 Å². The van der Waals surface area contributed by atoms with Crippen molar-refractivity contribution < 1.29 is 4.92 Å². The molecule has 1 aromatic carbocycles. The van der Waals surface area contributed by atoms with Gasteiger partial charge in [-0.3, -0.25) is 15.0 Å². The number of likely N-dealkylation sites (tertiary alicyclic amines) is 1. The minimum atomic E-state index is -0.334. The molecule has 1 saturated heterocycles. The Morgan fingerprint density at radius 3 is 3.00 bits per heavy atom. The summed E-state index contributed by atoms with van der Waals surface area (Å²) in [5.41, 5.74) is 0.874. The minimum absolute atomic E-state index is 0.164. The van der Waals surface area contributed by atoms with Crippen LogP contribution in [0.2, 0.25) is 5.02 Å². The van der Waals surface area contributed by atoms with Crippen molar-refractivity contribution in [2.75, 3.05) is 13.1 Å². The van der Waals surface area contributed by atoms with E-state index >= 15 is 0 Å². The van der Waals surface area contributed by atoms with Gasteiger partial charge in [-0.05, 0) is 37.4 Å². The molecule has 0 N–H and O–H groups in total. The van der Waals surface area contributed by atoms with Crippen molar-refractivity contribution in [2.24, 2.45) is 5.92 Å². The molecule has 0 aromatic heterocycles. The number of hydrogen-bond acceptors (Lipinski definition) is 3. The summed E-state index contributed by atoms with van der Waals surface area (Å²) in [6, 6.07) is 4.77. The second-order valence-electron chi connectivity index (χ2n) is 5.01. The van der Waals surface area contributed by atoms with Gasteiger partial charge < -0.3 is 0 Å². The number of rotatable bonds is 3. The molecule has 18 heavy (non-hydrogen) atoms. The molecule has 0 saturated carbocycles. The van der Waals surface area contributed by atoms with Gasteiger partial charge in [-0.25, -0.2) is 0 Å². The van der Waals surface area contributed by atoms with Crippen LogP contribution in [0.1, 0.15) is 25.3 Å². The van der Waals surface area contributed by atoms with E-state index in [0.717, 1.165) is 19.5 Å². The molecular weight excluding hydrogens is 252 g/mol. The first kappa shape index (κ1) is 13.3. The third kappa shape index (κ3) is 3.21. The molecule has 0 unspecified atom stereocenters. The summed E-state index contributed by atoms with van der Waals surface area (Å²) in [6.45, 7) is 4.84. The average molecular weight is 269 g/mol. The first-order valence-corrected chi connectivity index (χ1v) is 6.59. The van der Waals surface area contributed by atoms with E-state index in [-0.39, 0.29) is 10.6 Å². The van der Waals surface area contributed by atoms with Crippen LogP contribution in [0.3, 0.4) is 0 Å². The third-order valence-corrected chi connectivity index (χ3v) is 3.61. The Morgan fingerprint density at radius 2 is 2.33 bits per heavy atom. The van der Waals surface area contributed by atoms with Crippen molar-refractivity contribution in [1.29, 1.82) is 0 Å². The zero-order valence-corrected chi connectivity index (χ0v) is 11.2. The number of nitro benzene ring substituents is 1. The lowest BCUT2D eigenvalue weighted by Gasteiger charge is -2.30. The standard InChI is InChI=1S/C13H17ClN2O2/c1-10-3-2-6-15(8-10)9-11-7-12(14)4-5-13(11)16(17)18/h4-5,7,10H,2-3,6,8-9H2,1H3/t10-/m1/s1. The largest absolute Gasteiger partial charge is 0.299 e. The van der Waals surface area contributed by atoms with Gasteiger partial charge >= 0.3 is 0 Å². The predicted molar refractivity (Wildman–Crippen MR) is 71.8 cm³/mol. The van der Waals surface area contributed by atoms with Crippen LogP contribution in [0.4, 0.5) is 5.69 Å². The quantitative estimate of drug-likeness (QED) is 0.623. The highest BCUT2D eigenvalue weighted by molar-refractivity contribution is 6.30. The summed E-state index contributed by atoms with van der Waals surface area (Å²) in [5.74, 6) is 0.664. The summed E-state index contributed by atoms with van der Waals surface area (Å²) in [5, 5.41) is 11.5. The molecule has 4 nitrogen and oxygen atoms in total. The molecule has 5 heteroatoms. The molecule has 0 aliphatic carbocycles. The van der Waals surface area contributed by atoms with E-state index in [4.69, 9.17) is 11.6 Å². The average Bonchev–Trinajstić information content (AvgIpc) is 2.28. The van der Waals surface area contributed by atoms with Gasteiger partial charge in [0, 0.05) is 29.7 Å². The zero-order chi connectivity index (χ0) is 13.1. The molecule has 0 radical (unpaired) electrons. The van der Waals surface area contributed by atoms with E-state index in [2.05, 4.69) is 11.8 Å². The van der Waals surface area contributed by atoms with Crippen molar-refractivity contribution in [3.8, 4) is 0 Å². The Balaban J connectivity index is 2.16. The van der Waals surface area contributed by atoms with Gasteiger partial charge in [-0.2, -0.15) is 0 Å². The highest BCUT2D eigenvalue weighted by Gasteiger charge is 2.20. The van der Waals surface area contributed by atoms with E-state index in [9.17, 15) is 10.1 Å². The van der Waals surface area contributed by atoms with Crippen molar-refractivity contribution >= 4 is 17.3 Å². The maximum Gasteiger partial charge on any atom is 0.273 e. The van der Waals surface area contributed by atoms with Crippen molar-refractivity contribution in [3.63, 3.8) is 0 Å². The molecule has 1 atom stereocenters. The number of nitrogens with zero attached hydrogens (tertiary/aromatic N) is 2. The van der Waals surface area contributed by atoms with Crippen LogP contribution < -0.4 is 0 Å². The van der Waals surface area contributed by atoms with Crippen LogP contribution in [0.15, 0.2) is 18.2 Å². The summed E-state index contributed by atoms with van der Waals surface area (Å²) < 4.78 is 0. The number of halogens is 1. The molecule has 0 amide bonds. The van der Waals surface area contributed by atoms with Gasteiger partial charge in [-0.1, -0.05) is 18.5 Å². The Hall–Kier alpha value is -1.13. The Bertz CT molecular complexity index is 451. The molecule has 1 fully saturated rings. The number of benzene rings is 1. The molecule has 2 rings (SSSR count). The van der Waals surface area contributed by atoms with E-state index < -0.39 is 0 Å². The molecule has 0 spiro atoms. The second kappa shape index (κ2) is 5.67. The fraction of sp³-hybridized carbons (Fsp3) is 0.538. The smallest absolute Gasteiger partial charge is 0.273 e. The van der Waals surface area contributed by atoms with Crippen molar-refractivity contribution in [2.45, 2.75) is 26.3 Å². The van der Waals surface area contributed by atoms with Crippen LogP contribution in [-0.2, 0) is 6.54 Å². The van der Waals surface area contributed by atoms with Gasteiger partial charge in [0.05, 0.1) is 4.92 Å². The lowest BCUT2D eigenvalue weighted by Crippen LogP contribution is -2.33. The fourth-order valence-corrected chi connectivity index (χ4v) is 2.72. The number of piperidine rings is 1. The van der Waals surface area contributed by atoms with Crippen LogP contribution in [0.25, 0.3) is 0 Å². The summed E-state index contributed by atoms with van der Waals surface area (Å²) in [4.78, 5) is 12.9. The first-order chi connectivity index (χ1) is 8.56. The third-order valence-electron chi connectivity index (χ3n) is 3.37. The normalized spacial score (nSPS) is 20.9. The molecule has 98 valence electrons. The molecule has 1 aliphatic rings. The Labute approximate surface area is 112 Å². The number of hydrogen-bond donors (Lipinski definition) is 0. The Kier molecular flexibility index (Phi) is 4.19. The van der Waals surface area contributed by atoms with Crippen LogP contribution in [-0.4, -0.2) is 22.9 Å². The molecule has 1 aromatic rings. The summed E-state index contributed by atoms with van der Waals surface area (Å²) in [7, 11) is 0. The second-order valence-corrected chi connectivity index (χ2v) is 5.45. The van der Waals surface area contributed by atoms with Crippen molar-refractivity contribution in [3.05, 3.63) is 38.9 Å². The molecule has 0 bridgehead atoms. The van der Waals surface area contributed by atoms with Gasteiger partial charge in [0.1, 0.15) is 0 Å². The molecule has 1 aliphatic heterocycles. The lowest BCUT2D eigenvalue weighted by atomic mass is 9.99. The SMILES string of the molecule is C[C@@H]1CCCN(Cc2cc(Cl)ccc2[N+](=O)[O-])C1. The van der Waals surface area contributed by atoms with Gasteiger partial charge in [0.25, 0.3) is 5.69 Å². The van der Waals surface area contributed by atoms with E-state index in [1.807, 2.05) is 0 Å². The van der Waals surface area contributed by atoms with E-state index in [1.54, 1.807) is 12.1 Å². The lowest BCUT2D eigenvalue weighted by molar-refractivity contribution is -0.385. The number of nitro groups is 1. The van der Waals surface area contributed by atoms with Crippen LogP contribution in [0, 0.1) is 16.0 Å². The minimum Gasteiger partial charge on any atom is -0.299 e. The Morgan fingerprint density at radius 1 is 1.56 bits per heavy atom. The monoisotopic (exact) mass is 268 g/mol. The maximum atomic E-state index is 11.0. The van der Waals surface area contributed by atoms with E-state index in [1.165, 1.54) is 12.5 Å². The molecule has 1 heterocycles. The van der Waals surface area contributed by atoms with Gasteiger partial charge in [0.2, 0.25) is 0 Å². The van der Waals surface area contributed by atoms with Crippen molar-refractivity contribution in [1.82, 2.24) is 4.90 Å². The fourth-order valence-electron chi connectivity index (χ4n) is 2.53. The summed E-state index contributed by atoms with van der Waals surface area (Å²) in [6.07, 6.45) is 2.41. The summed E-state index contributed by atoms with van der Waals surface area (Å²) >= 11 is 5.93. The van der Waals surface area contributed by atoms with Crippen LogP contribution in [0.5, 0.6) is 0 Å². The highest BCUT2D eigenvalue weighted by Crippen LogP contribution is 2.26. The topological polar surface area (TPSA) is 46.4 Å². The highest BCUT2D eigenvalue weighted by atomic mass is 35.5. The first-order valence-electron chi connectivity index (χ1n) is 6.21. The van der Waals surface area contributed by atoms with Gasteiger partial charge in [-0.15, -0.1) is 0 Å². The molecular formula is C13H17ClN2O2.